The number of hydrogen-bond acceptors (Lipinski definition) is 2. The molecular weight excluding hydrogens is 188 g/mol. The van der Waals surface area contributed by atoms with Crippen LogP contribution in [0.25, 0.3) is 5.52 Å². The van der Waals surface area contributed by atoms with Gasteiger partial charge in [-0.3, -0.25) is 0 Å². The van der Waals surface area contributed by atoms with Gasteiger partial charge in [0.25, 0.3) is 0 Å². The number of hydrogen-bond donors (Lipinski definition) is 1. The second-order valence-corrected chi connectivity index (χ2v) is 4.54. The first-order valence-electron chi connectivity index (χ1n) is 5.35. The molecule has 0 unspecified atom stereocenters. The standard InChI is InChI=1S/C12H14N2O/c15-9-12(4-5-12)7-10-8-13-14-6-2-1-3-11(10)14/h1-3,6,8,15H,4-5,7,9H2. The van der Waals surface area contributed by atoms with E-state index in [1.807, 2.05) is 29.0 Å². The van der Waals surface area contributed by atoms with E-state index in [0.29, 0.717) is 6.61 Å². The van der Waals surface area contributed by atoms with Gasteiger partial charge in [0, 0.05) is 12.8 Å². The van der Waals surface area contributed by atoms with Gasteiger partial charge < -0.3 is 5.11 Å². The van der Waals surface area contributed by atoms with E-state index in [1.54, 1.807) is 0 Å². The maximum absolute atomic E-state index is 9.30. The van der Waals surface area contributed by atoms with Crippen LogP contribution in [0.2, 0.25) is 0 Å². The fourth-order valence-corrected chi connectivity index (χ4v) is 2.10. The summed E-state index contributed by atoms with van der Waals surface area (Å²) in [5, 5.41) is 13.6. The third kappa shape index (κ3) is 1.43. The molecule has 0 amide bonds. The molecule has 1 saturated carbocycles. The van der Waals surface area contributed by atoms with Crippen molar-refractivity contribution < 1.29 is 5.11 Å². The van der Waals surface area contributed by atoms with Gasteiger partial charge in [-0.2, -0.15) is 5.10 Å². The molecule has 3 nitrogen and oxygen atoms in total. The van der Waals surface area contributed by atoms with E-state index in [9.17, 15) is 5.11 Å². The maximum Gasteiger partial charge on any atom is 0.0693 e. The summed E-state index contributed by atoms with van der Waals surface area (Å²) in [5.41, 5.74) is 2.58. The number of rotatable bonds is 3. The zero-order valence-electron chi connectivity index (χ0n) is 8.56. The minimum Gasteiger partial charge on any atom is -0.396 e. The number of aliphatic hydroxyl groups excluding tert-OH is 1. The monoisotopic (exact) mass is 202 g/mol. The van der Waals surface area contributed by atoms with Gasteiger partial charge in [0.15, 0.2) is 0 Å². The Bertz CT molecular complexity index is 485. The highest BCUT2D eigenvalue weighted by Gasteiger charge is 2.42. The Labute approximate surface area is 88.4 Å². The first kappa shape index (κ1) is 8.92. The van der Waals surface area contributed by atoms with Gasteiger partial charge in [-0.25, -0.2) is 4.52 Å². The van der Waals surface area contributed by atoms with Crippen LogP contribution in [0.1, 0.15) is 18.4 Å². The summed E-state index contributed by atoms with van der Waals surface area (Å²) in [6.45, 7) is 0.303. The predicted molar refractivity (Wildman–Crippen MR) is 57.6 cm³/mol. The molecule has 0 saturated heterocycles. The Hall–Kier alpha value is -1.35. The molecule has 1 aliphatic carbocycles. The fraction of sp³-hybridized carbons (Fsp3) is 0.417. The normalized spacial score (nSPS) is 18.2. The lowest BCUT2D eigenvalue weighted by Gasteiger charge is -2.09. The summed E-state index contributed by atoms with van der Waals surface area (Å²) < 4.78 is 1.89. The number of aromatic nitrogens is 2. The second kappa shape index (κ2) is 3.07. The van der Waals surface area contributed by atoms with Crippen molar-refractivity contribution in [2.24, 2.45) is 5.41 Å². The van der Waals surface area contributed by atoms with Crippen LogP contribution in [0.15, 0.2) is 30.6 Å². The molecule has 0 aromatic carbocycles. The molecular formula is C12H14N2O. The highest BCUT2D eigenvalue weighted by atomic mass is 16.3. The van der Waals surface area contributed by atoms with Gasteiger partial charge in [-0.1, -0.05) is 6.07 Å². The quantitative estimate of drug-likeness (QED) is 0.821. The fourth-order valence-electron chi connectivity index (χ4n) is 2.10. The Balaban J connectivity index is 1.98. The van der Waals surface area contributed by atoms with Crippen LogP contribution in [0.5, 0.6) is 0 Å². The van der Waals surface area contributed by atoms with E-state index in [0.717, 1.165) is 24.8 Å². The van der Waals surface area contributed by atoms with Crippen LogP contribution in [0, 0.1) is 5.41 Å². The van der Waals surface area contributed by atoms with Crippen LogP contribution < -0.4 is 0 Å². The summed E-state index contributed by atoms with van der Waals surface area (Å²) in [6, 6.07) is 6.08. The van der Waals surface area contributed by atoms with Crippen molar-refractivity contribution in [3.8, 4) is 0 Å². The van der Waals surface area contributed by atoms with Crippen LogP contribution >= 0.6 is 0 Å². The molecule has 1 aliphatic rings. The van der Waals surface area contributed by atoms with Gasteiger partial charge >= 0.3 is 0 Å². The van der Waals surface area contributed by atoms with Crippen LogP contribution in [0.3, 0.4) is 0 Å². The van der Waals surface area contributed by atoms with E-state index < -0.39 is 0 Å². The molecule has 0 radical (unpaired) electrons. The highest BCUT2D eigenvalue weighted by Crippen LogP contribution is 2.48. The van der Waals surface area contributed by atoms with Crippen molar-refractivity contribution in [2.75, 3.05) is 6.61 Å². The zero-order chi connectivity index (χ0) is 10.3. The first-order chi connectivity index (χ1) is 7.33. The van der Waals surface area contributed by atoms with Crippen molar-refractivity contribution >= 4 is 5.52 Å². The summed E-state index contributed by atoms with van der Waals surface area (Å²) in [4.78, 5) is 0. The third-order valence-electron chi connectivity index (χ3n) is 3.36. The Morgan fingerprint density at radius 3 is 3.00 bits per heavy atom. The lowest BCUT2D eigenvalue weighted by molar-refractivity contribution is 0.211. The minimum absolute atomic E-state index is 0.166. The summed E-state index contributed by atoms with van der Waals surface area (Å²) in [5.74, 6) is 0. The van der Waals surface area contributed by atoms with Crippen LogP contribution in [-0.4, -0.2) is 21.3 Å². The molecule has 0 aliphatic heterocycles. The number of pyridine rings is 1. The van der Waals surface area contributed by atoms with E-state index in [-0.39, 0.29) is 5.41 Å². The molecule has 1 fully saturated rings. The number of nitrogens with zero attached hydrogens (tertiary/aromatic N) is 2. The zero-order valence-corrected chi connectivity index (χ0v) is 8.56. The predicted octanol–water partition coefficient (Wildman–Crippen LogP) is 1.65. The van der Waals surface area contributed by atoms with Crippen molar-refractivity contribution in [2.45, 2.75) is 19.3 Å². The summed E-state index contributed by atoms with van der Waals surface area (Å²) in [6.07, 6.45) is 7.13. The topological polar surface area (TPSA) is 37.5 Å². The number of aliphatic hydroxyl groups is 1. The molecule has 0 spiro atoms. The largest absolute Gasteiger partial charge is 0.396 e. The Morgan fingerprint density at radius 1 is 1.40 bits per heavy atom. The number of fused-ring (bicyclic) bond motifs is 1. The van der Waals surface area contributed by atoms with Crippen molar-refractivity contribution in [1.29, 1.82) is 0 Å². The molecule has 3 heteroatoms. The van der Waals surface area contributed by atoms with E-state index >= 15 is 0 Å². The summed E-state index contributed by atoms with van der Waals surface area (Å²) >= 11 is 0. The van der Waals surface area contributed by atoms with Crippen molar-refractivity contribution in [3.05, 3.63) is 36.2 Å². The van der Waals surface area contributed by atoms with Gasteiger partial charge in [0.1, 0.15) is 0 Å². The minimum atomic E-state index is 0.166. The van der Waals surface area contributed by atoms with Crippen molar-refractivity contribution in [1.82, 2.24) is 9.61 Å². The van der Waals surface area contributed by atoms with E-state index in [1.165, 1.54) is 5.56 Å². The average Bonchev–Trinajstić information content (AvgIpc) is 2.95. The second-order valence-electron chi connectivity index (χ2n) is 4.54. The molecule has 2 heterocycles. The summed E-state index contributed by atoms with van der Waals surface area (Å²) in [7, 11) is 0. The van der Waals surface area contributed by atoms with Crippen molar-refractivity contribution in [3.63, 3.8) is 0 Å². The van der Waals surface area contributed by atoms with Crippen LogP contribution in [0.4, 0.5) is 0 Å². The lowest BCUT2D eigenvalue weighted by Crippen LogP contribution is -2.09. The SMILES string of the molecule is OCC1(Cc2cnn3ccccc23)CC1. The molecule has 15 heavy (non-hydrogen) atoms. The van der Waals surface area contributed by atoms with E-state index in [2.05, 4.69) is 11.2 Å². The first-order valence-corrected chi connectivity index (χ1v) is 5.35. The smallest absolute Gasteiger partial charge is 0.0693 e. The average molecular weight is 202 g/mol. The highest BCUT2D eigenvalue weighted by molar-refractivity contribution is 5.53. The molecule has 0 bridgehead atoms. The van der Waals surface area contributed by atoms with Crippen LogP contribution in [-0.2, 0) is 6.42 Å². The Kier molecular flexibility index (Phi) is 1.83. The van der Waals surface area contributed by atoms with E-state index in [4.69, 9.17) is 0 Å². The van der Waals surface area contributed by atoms with Gasteiger partial charge in [-0.05, 0) is 42.4 Å². The van der Waals surface area contributed by atoms with Gasteiger partial charge in [0.05, 0.1) is 11.7 Å². The Morgan fingerprint density at radius 2 is 2.27 bits per heavy atom. The van der Waals surface area contributed by atoms with Gasteiger partial charge in [-0.15, -0.1) is 0 Å². The molecule has 3 rings (SSSR count). The molecule has 1 N–H and O–H groups in total. The third-order valence-corrected chi connectivity index (χ3v) is 3.36. The van der Waals surface area contributed by atoms with Gasteiger partial charge in [0.2, 0.25) is 0 Å². The lowest BCUT2D eigenvalue weighted by atomic mass is 9.98. The molecule has 0 atom stereocenters. The maximum atomic E-state index is 9.30. The molecule has 2 aromatic heterocycles. The molecule has 2 aromatic rings. The molecule has 78 valence electrons.